The quantitative estimate of drug-likeness (QED) is 0.573. The minimum atomic E-state index is 0.221. The molecule has 1 N–H and O–H groups in total. The van der Waals surface area contributed by atoms with Gasteiger partial charge in [-0.1, -0.05) is 23.7 Å². The van der Waals surface area contributed by atoms with Gasteiger partial charge in [-0.15, -0.1) is 5.10 Å². The molecule has 1 heterocycles. The minimum absolute atomic E-state index is 0.221. The van der Waals surface area contributed by atoms with E-state index < -0.39 is 0 Å². The van der Waals surface area contributed by atoms with Crippen LogP contribution in [0.25, 0.3) is 11.5 Å². The molecular weight excluding hydrogens is 390 g/mol. The van der Waals surface area contributed by atoms with Gasteiger partial charge >= 0.3 is 0 Å². The number of para-hydroxylation sites is 1. The monoisotopic (exact) mass is 407 g/mol. The van der Waals surface area contributed by atoms with Crippen molar-refractivity contribution in [2.75, 3.05) is 26.6 Å². The summed E-state index contributed by atoms with van der Waals surface area (Å²) >= 11 is 11.4. The Morgan fingerprint density at radius 2 is 1.78 bits per heavy atom. The highest BCUT2D eigenvalue weighted by atomic mass is 35.5. The van der Waals surface area contributed by atoms with Crippen molar-refractivity contribution < 1.29 is 18.6 Å². The summed E-state index contributed by atoms with van der Waals surface area (Å²) in [5.41, 5.74) is 1.42. The lowest BCUT2D eigenvalue weighted by Crippen LogP contribution is -2.09. The molecule has 3 rings (SSSR count). The van der Waals surface area contributed by atoms with E-state index in [0.717, 1.165) is 5.69 Å². The van der Waals surface area contributed by atoms with Crippen molar-refractivity contribution in [1.29, 1.82) is 0 Å². The van der Waals surface area contributed by atoms with Gasteiger partial charge in [0.15, 0.2) is 11.5 Å². The second-order valence-electron chi connectivity index (χ2n) is 5.40. The number of rotatable bonds is 7. The molecule has 0 spiro atoms. The summed E-state index contributed by atoms with van der Waals surface area (Å²) < 4.78 is 23.2. The fourth-order valence-electron chi connectivity index (χ4n) is 2.49. The Morgan fingerprint density at radius 1 is 1.11 bits per heavy atom. The van der Waals surface area contributed by atoms with Crippen LogP contribution < -0.4 is 19.5 Å². The fraction of sp³-hybridized carbons (Fsp3) is 0.222. The molecule has 9 heteroatoms. The van der Waals surface area contributed by atoms with Gasteiger partial charge in [0, 0.05) is 5.56 Å². The summed E-state index contributed by atoms with van der Waals surface area (Å²) in [6, 6.07) is 10.9. The fourth-order valence-corrected chi connectivity index (χ4v) is 2.88. The summed E-state index contributed by atoms with van der Waals surface area (Å²) in [4.78, 5) is 0.221. The van der Waals surface area contributed by atoms with Crippen LogP contribution in [-0.2, 0) is 6.67 Å². The zero-order chi connectivity index (χ0) is 19.4. The first-order chi connectivity index (χ1) is 13.1. The molecule has 0 bridgehead atoms. The highest BCUT2D eigenvalue weighted by Crippen LogP contribution is 2.40. The van der Waals surface area contributed by atoms with Gasteiger partial charge in [-0.25, -0.2) is 4.68 Å². The van der Waals surface area contributed by atoms with Crippen molar-refractivity contribution in [2.45, 2.75) is 6.67 Å². The highest BCUT2D eigenvalue weighted by molar-refractivity contribution is 7.71. The van der Waals surface area contributed by atoms with Crippen molar-refractivity contribution in [2.24, 2.45) is 0 Å². The molecule has 0 atom stereocenters. The Balaban J connectivity index is 1.90. The van der Waals surface area contributed by atoms with Crippen LogP contribution in [0, 0.1) is 4.84 Å². The van der Waals surface area contributed by atoms with Crippen molar-refractivity contribution in [3.8, 4) is 28.7 Å². The van der Waals surface area contributed by atoms with Crippen molar-refractivity contribution in [1.82, 2.24) is 9.78 Å². The molecular formula is C18H18ClN3O4S. The lowest BCUT2D eigenvalue weighted by Gasteiger charge is -2.12. The van der Waals surface area contributed by atoms with E-state index in [4.69, 9.17) is 42.4 Å². The Bertz CT molecular complexity index is 977. The van der Waals surface area contributed by atoms with E-state index in [-0.39, 0.29) is 4.84 Å². The summed E-state index contributed by atoms with van der Waals surface area (Å²) in [6.07, 6.45) is 0. The molecule has 0 radical (unpaired) electrons. The van der Waals surface area contributed by atoms with E-state index in [9.17, 15) is 0 Å². The molecule has 0 saturated heterocycles. The van der Waals surface area contributed by atoms with Gasteiger partial charge in [-0.05, 0) is 36.5 Å². The lowest BCUT2D eigenvalue weighted by molar-refractivity contribution is 0.324. The zero-order valence-corrected chi connectivity index (χ0v) is 16.6. The number of halogens is 1. The molecule has 0 aliphatic carbocycles. The number of aromatic nitrogens is 2. The number of nitrogens with zero attached hydrogens (tertiary/aromatic N) is 2. The Hall–Kier alpha value is -2.71. The summed E-state index contributed by atoms with van der Waals surface area (Å²) in [7, 11) is 4.63. The number of benzene rings is 2. The molecule has 0 saturated carbocycles. The van der Waals surface area contributed by atoms with Crippen LogP contribution in [-0.4, -0.2) is 31.1 Å². The van der Waals surface area contributed by atoms with Gasteiger partial charge in [0.1, 0.15) is 6.67 Å². The van der Waals surface area contributed by atoms with E-state index in [0.29, 0.717) is 40.4 Å². The second kappa shape index (κ2) is 8.32. The van der Waals surface area contributed by atoms with E-state index >= 15 is 0 Å². The van der Waals surface area contributed by atoms with Gasteiger partial charge in [0.2, 0.25) is 11.6 Å². The standard InChI is InChI=1S/C18H18ClN3O4S/c1-23-14-8-11(9-15(24-2)16(14)25-3)17-21-22(18(27)26-17)10-20-13-7-5-4-6-12(13)19/h4-9,20H,10H2,1-3H3. The van der Waals surface area contributed by atoms with Crippen LogP contribution in [0.2, 0.25) is 5.02 Å². The number of methoxy groups -OCH3 is 3. The van der Waals surface area contributed by atoms with Gasteiger partial charge in [0.25, 0.3) is 4.84 Å². The molecule has 0 unspecified atom stereocenters. The van der Waals surface area contributed by atoms with Crippen molar-refractivity contribution >= 4 is 29.5 Å². The maximum Gasteiger partial charge on any atom is 0.289 e. The zero-order valence-electron chi connectivity index (χ0n) is 15.0. The number of nitrogens with one attached hydrogen (secondary N) is 1. The first kappa shape index (κ1) is 19.1. The third-order valence-corrected chi connectivity index (χ3v) is 4.43. The smallest absolute Gasteiger partial charge is 0.289 e. The van der Waals surface area contributed by atoms with Crippen LogP contribution in [0.1, 0.15) is 0 Å². The Kier molecular flexibility index (Phi) is 5.88. The van der Waals surface area contributed by atoms with E-state index in [1.165, 1.54) is 4.68 Å². The maximum atomic E-state index is 6.15. The topological polar surface area (TPSA) is 70.7 Å². The molecule has 7 nitrogen and oxygen atoms in total. The van der Waals surface area contributed by atoms with Crippen LogP contribution in [0.3, 0.4) is 0 Å². The van der Waals surface area contributed by atoms with Crippen LogP contribution >= 0.6 is 23.8 Å². The summed E-state index contributed by atoms with van der Waals surface area (Å²) in [5.74, 6) is 1.82. The number of ether oxygens (including phenoxy) is 3. The third kappa shape index (κ3) is 4.01. The predicted octanol–water partition coefficient (Wildman–Crippen LogP) is 4.62. The normalized spacial score (nSPS) is 10.5. The van der Waals surface area contributed by atoms with E-state index in [1.54, 1.807) is 39.5 Å². The summed E-state index contributed by atoms with van der Waals surface area (Å²) in [6.45, 7) is 0.302. The molecule has 27 heavy (non-hydrogen) atoms. The molecule has 0 fully saturated rings. The van der Waals surface area contributed by atoms with E-state index in [2.05, 4.69) is 10.4 Å². The van der Waals surface area contributed by atoms with Gasteiger partial charge < -0.3 is 23.9 Å². The molecule has 0 aliphatic rings. The molecule has 0 aliphatic heterocycles. The molecule has 0 amide bonds. The Morgan fingerprint density at radius 3 is 2.37 bits per heavy atom. The lowest BCUT2D eigenvalue weighted by atomic mass is 10.2. The second-order valence-corrected chi connectivity index (χ2v) is 6.16. The maximum absolute atomic E-state index is 6.15. The first-order valence-electron chi connectivity index (χ1n) is 7.94. The summed E-state index contributed by atoms with van der Waals surface area (Å²) in [5, 5.41) is 8.20. The van der Waals surface area contributed by atoms with Crippen molar-refractivity contribution in [3.05, 3.63) is 46.3 Å². The number of hydrogen-bond donors (Lipinski definition) is 1. The van der Waals surface area contributed by atoms with Crippen LogP contribution in [0.15, 0.2) is 40.8 Å². The van der Waals surface area contributed by atoms with E-state index in [1.807, 2.05) is 18.2 Å². The largest absolute Gasteiger partial charge is 0.493 e. The molecule has 3 aromatic rings. The number of hydrogen-bond acceptors (Lipinski definition) is 7. The molecule has 2 aromatic carbocycles. The highest BCUT2D eigenvalue weighted by Gasteiger charge is 2.17. The average molecular weight is 408 g/mol. The van der Waals surface area contributed by atoms with Crippen LogP contribution in [0.4, 0.5) is 5.69 Å². The third-order valence-electron chi connectivity index (χ3n) is 3.81. The average Bonchev–Trinajstić information content (AvgIpc) is 3.06. The number of anilines is 1. The predicted molar refractivity (Wildman–Crippen MR) is 105 cm³/mol. The van der Waals surface area contributed by atoms with Gasteiger partial charge in [-0.2, -0.15) is 0 Å². The van der Waals surface area contributed by atoms with Gasteiger partial charge in [0.05, 0.1) is 32.0 Å². The van der Waals surface area contributed by atoms with Crippen LogP contribution in [0.5, 0.6) is 17.2 Å². The SMILES string of the molecule is COc1cc(-c2nn(CNc3ccccc3Cl)c(=S)o2)cc(OC)c1OC. The minimum Gasteiger partial charge on any atom is -0.493 e. The first-order valence-corrected chi connectivity index (χ1v) is 8.72. The molecule has 1 aromatic heterocycles. The molecule has 142 valence electrons. The van der Waals surface area contributed by atoms with Gasteiger partial charge in [-0.3, -0.25) is 0 Å². The van der Waals surface area contributed by atoms with Crippen molar-refractivity contribution in [3.63, 3.8) is 0 Å². The Labute approximate surface area is 166 Å².